The summed E-state index contributed by atoms with van der Waals surface area (Å²) in [6.07, 6.45) is 0.626. The summed E-state index contributed by atoms with van der Waals surface area (Å²) in [4.78, 5) is 37.8. The second-order valence-electron chi connectivity index (χ2n) is 4.48. The summed E-state index contributed by atoms with van der Waals surface area (Å²) < 4.78 is 0. The van der Waals surface area contributed by atoms with Crippen LogP contribution in [0.15, 0.2) is 12.1 Å². The Bertz CT molecular complexity index is 543. The topological polar surface area (TPSA) is 105 Å². The van der Waals surface area contributed by atoms with E-state index >= 15 is 0 Å². The van der Waals surface area contributed by atoms with Crippen molar-refractivity contribution in [2.75, 3.05) is 6.54 Å². The molecule has 1 atom stereocenters. The SMILES string of the molecule is CCC1C(=O)NC(=O)CN1Cc1ccc(C(=O)NN)s1. The molecule has 0 aromatic carbocycles. The molecule has 0 spiro atoms. The number of nitrogens with one attached hydrogen (secondary N) is 2. The van der Waals surface area contributed by atoms with Crippen molar-refractivity contribution in [1.82, 2.24) is 15.6 Å². The number of nitrogens with zero attached hydrogens (tertiary/aromatic N) is 1. The highest BCUT2D eigenvalue weighted by atomic mass is 32.1. The van der Waals surface area contributed by atoms with Gasteiger partial charge in [0, 0.05) is 11.4 Å². The molecule has 1 aromatic rings. The first kappa shape index (κ1) is 14.6. The Morgan fingerprint density at radius 2 is 2.30 bits per heavy atom. The van der Waals surface area contributed by atoms with Crippen LogP contribution in [0.4, 0.5) is 0 Å². The fraction of sp³-hybridized carbons (Fsp3) is 0.417. The summed E-state index contributed by atoms with van der Waals surface area (Å²) in [5, 5.41) is 2.33. The van der Waals surface area contributed by atoms with Gasteiger partial charge in [-0.2, -0.15) is 0 Å². The van der Waals surface area contributed by atoms with Crippen molar-refractivity contribution in [2.45, 2.75) is 25.9 Å². The molecular weight excluding hydrogens is 280 g/mol. The molecule has 0 radical (unpaired) electrons. The highest BCUT2D eigenvalue weighted by molar-refractivity contribution is 7.14. The number of carbonyl (C=O) groups excluding carboxylic acids is 3. The van der Waals surface area contributed by atoms with E-state index in [1.54, 1.807) is 12.1 Å². The summed E-state index contributed by atoms with van der Waals surface area (Å²) in [6.45, 7) is 2.54. The van der Waals surface area contributed by atoms with Gasteiger partial charge in [-0.25, -0.2) is 5.84 Å². The Morgan fingerprint density at radius 1 is 1.55 bits per heavy atom. The molecule has 0 bridgehead atoms. The maximum Gasteiger partial charge on any atom is 0.275 e. The quantitative estimate of drug-likeness (QED) is 0.303. The Labute approximate surface area is 120 Å². The third-order valence-corrected chi connectivity index (χ3v) is 4.18. The number of piperazine rings is 1. The van der Waals surface area contributed by atoms with E-state index in [1.165, 1.54) is 11.3 Å². The Kier molecular flexibility index (Phi) is 4.48. The number of rotatable bonds is 4. The first-order chi connectivity index (χ1) is 9.55. The number of nitrogen functional groups attached to an aromatic ring is 1. The van der Waals surface area contributed by atoms with E-state index < -0.39 is 0 Å². The monoisotopic (exact) mass is 296 g/mol. The molecule has 0 aliphatic carbocycles. The average molecular weight is 296 g/mol. The maximum absolute atomic E-state index is 11.7. The molecule has 20 heavy (non-hydrogen) atoms. The highest BCUT2D eigenvalue weighted by Crippen LogP contribution is 2.21. The molecule has 4 N–H and O–H groups in total. The summed E-state index contributed by atoms with van der Waals surface area (Å²) in [5.41, 5.74) is 2.07. The molecule has 1 aliphatic heterocycles. The van der Waals surface area contributed by atoms with Crippen molar-refractivity contribution in [3.8, 4) is 0 Å². The van der Waals surface area contributed by atoms with Crippen LogP contribution in [0.5, 0.6) is 0 Å². The van der Waals surface area contributed by atoms with E-state index in [2.05, 4.69) is 10.7 Å². The van der Waals surface area contributed by atoms with Crippen LogP contribution in [-0.4, -0.2) is 35.2 Å². The first-order valence-corrected chi connectivity index (χ1v) is 7.04. The van der Waals surface area contributed by atoms with Crippen LogP contribution in [-0.2, 0) is 16.1 Å². The van der Waals surface area contributed by atoms with Gasteiger partial charge in [0.15, 0.2) is 0 Å². The summed E-state index contributed by atoms with van der Waals surface area (Å²) in [7, 11) is 0. The van der Waals surface area contributed by atoms with E-state index in [-0.39, 0.29) is 30.3 Å². The number of hydrazine groups is 1. The molecule has 1 unspecified atom stereocenters. The van der Waals surface area contributed by atoms with Gasteiger partial charge >= 0.3 is 0 Å². The van der Waals surface area contributed by atoms with E-state index in [0.29, 0.717) is 17.8 Å². The normalized spacial score (nSPS) is 19.8. The van der Waals surface area contributed by atoms with Crippen LogP contribution in [0, 0.1) is 0 Å². The van der Waals surface area contributed by atoms with Crippen molar-refractivity contribution < 1.29 is 14.4 Å². The van der Waals surface area contributed by atoms with Crippen LogP contribution in [0.25, 0.3) is 0 Å². The van der Waals surface area contributed by atoms with Gasteiger partial charge in [-0.05, 0) is 18.6 Å². The minimum atomic E-state index is -0.347. The van der Waals surface area contributed by atoms with E-state index in [9.17, 15) is 14.4 Å². The average Bonchev–Trinajstić information content (AvgIpc) is 2.86. The zero-order valence-corrected chi connectivity index (χ0v) is 11.8. The molecule has 3 amide bonds. The summed E-state index contributed by atoms with van der Waals surface area (Å²) in [6, 6.07) is 3.16. The van der Waals surface area contributed by atoms with Crippen molar-refractivity contribution in [2.24, 2.45) is 5.84 Å². The number of hydrogen-bond donors (Lipinski definition) is 3. The molecule has 1 aliphatic rings. The Morgan fingerprint density at radius 3 is 2.95 bits per heavy atom. The highest BCUT2D eigenvalue weighted by Gasteiger charge is 2.32. The fourth-order valence-electron chi connectivity index (χ4n) is 2.19. The molecule has 108 valence electrons. The van der Waals surface area contributed by atoms with Crippen molar-refractivity contribution in [3.63, 3.8) is 0 Å². The number of thiophene rings is 1. The van der Waals surface area contributed by atoms with Crippen LogP contribution >= 0.6 is 11.3 Å². The van der Waals surface area contributed by atoms with Crippen LogP contribution in [0.3, 0.4) is 0 Å². The van der Waals surface area contributed by atoms with Gasteiger partial charge in [0.2, 0.25) is 11.8 Å². The van der Waals surface area contributed by atoms with Gasteiger partial charge in [0.25, 0.3) is 5.91 Å². The zero-order chi connectivity index (χ0) is 14.7. The number of carbonyl (C=O) groups is 3. The van der Waals surface area contributed by atoms with Crippen molar-refractivity contribution in [1.29, 1.82) is 0 Å². The van der Waals surface area contributed by atoms with E-state index in [0.717, 1.165) is 4.88 Å². The lowest BCUT2D eigenvalue weighted by Gasteiger charge is -2.32. The predicted octanol–water partition coefficient (Wildman–Crippen LogP) is -0.411. The van der Waals surface area contributed by atoms with Gasteiger partial charge in [-0.1, -0.05) is 6.92 Å². The molecule has 1 fully saturated rings. The van der Waals surface area contributed by atoms with Crippen LogP contribution < -0.4 is 16.6 Å². The van der Waals surface area contributed by atoms with E-state index in [1.807, 2.05) is 11.8 Å². The van der Waals surface area contributed by atoms with Gasteiger partial charge in [0.1, 0.15) is 0 Å². The number of nitrogens with two attached hydrogens (primary N) is 1. The second kappa shape index (κ2) is 6.12. The third-order valence-electron chi connectivity index (χ3n) is 3.11. The largest absolute Gasteiger partial charge is 0.294 e. The molecular formula is C12H16N4O3S. The maximum atomic E-state index is 11.7. The fourth-order valence-corrected chi connectivity index (χ4v) is 3.12. The predicted molar refractivity (Wildman–Crippen MR) is 73.6 cm³/mol. The zero-order valence-electron chi connectivity index (χ0n) is 11.0. The lowest BCUT2D eigenvalue weighted by molar-refractivity contribution is -0.140. The van der Waals surface area contributed by atoms with Gasteiger partial charge in [0.05, 0.1) is 17.5 Å². The minimum Gasteiger partial charge on any atom is -0.294 e. The first-order valence-electron chi connectivity index (χ1n) is 6.22. The standard InChI is InChI=1S/C12H16N4O3S/c1-2-8-11(18)14-10(17)6-16(8)5-7-3-4-9(20-7)12(19)15-13/h3-4,8H,2,5-6,13H2,1H3,(H,15,19)(H,14,17,18). The van der Waals surface area contributed by atoms with Crippen LogP contribution in [0.2, 0.25) is 0 Å². The minimum absolute atomic E-state index is 0.181. The smallest absolute Gasteiger partial charge is 0.275 e. The number of imide groups is 1. The lowest BCUT2D eigenvalue weighted by atomic mass is 10.1. The molecule has 0 saturated carbocycles. The second-order valence-corrected chi connectivity index (χ2v) is 5.65. The van der Waals surface area contributed by atoms with Gasteiger partial charge in [-0.15, -0.1) is 11.3 Å². The molecule has 2 heterocycles. The third kappa shape index (κ3) is 3.03. The Hall–Kier alpha value is -1.77. The van der Waals surface area contributed by atoms with Crippen molar-refractivity contribution in [3.05, 3.63) is 21.9 Å². The molecule has 8 heteroatoms. The molecule has 2 rings (SSSR count). The summed E-state index contributed by atoms with van der Waals surface area (Å²) >= 11 is 1.30. The summed E-state index contributed by atoms with van der Waals surface area (Å²) in [5.74, 6) is 4.17. The molecule has 7 nitrogen and oxygen atoms in total. The van der Waals surface area contributed by atoms with Gasteiger partial charge < -0.3 is 0 Å². The Balaban J connectivity index is 2.11. The lowest BCUT2D eigenvalue weighted by Crippen LogP contribution is -2.57. The van der Waals surface area contributed by atoms with Gasteiger partial charge in [-0.3, -0.25) is 30.0 Å². The van der Waals surface area contributed by atoms with E-state index in [4.69, 9.17) is 5.84 Å². The van der Waals surface area contributed by atoms with Crippen LogP contribution in [0.1, 0.15) is 27.9 Å². The number of hydrogen-bond acceptors (Lipinski definition) is 6. The van der Waals surface area contributed by atoms with Crippen molar-refractivity contribution >= 4 is 29.1 Å². The number of amides is 3. The molecule has 1 saturated heterocycles. The molecule has 1 aromatic heterocycles.